The number of nitrogens with one attached hydrogen (secondary N) is 1. The van der Waals surface area contributed by atoms with Crippen molar-refractivity contribution in [1.82, 2.24) is 15.1 Å². The van der Waals surface area contributed by atoms with Crippen molar-refractivity contribution < 1.29 is 18.0 Å². The molecule has 7 heteroatoms. The number of nitrogens with zero attached hydrogens (tertiary/aromatic N) is 2. The number of halogens is 3. The molecule has 1 heterocycles. The maximum absolute atomic E-state index is 12.9. The fraction of sp³-hybridized carbons (Fsp3) is 0.524. The van der Waals surface area contributed by atoms with Gasteiger partial charge in [0.25, 0.3) is 0 Å². The van der Waals surface area contributed by atoms with Crippen LogP contribution in [0, 0.1) is 19.8 Å². The summed E-state index contributed by atoms with van der Waals surface area (Å²) in [5.74, 6) is 0.280. The van der Waals surface area contributed by atoms with Gasteiger partial charge in [-0.1, -0.05) is 26.0 Å². The minimum Gasteiger partial charge on any atom is -0.350 e. The van der Waals surface area contributed by atoms with E-state index in [2.05, 4.69) is 24.3 Å². The van der Waals surface area contributed by atoms with E-state index < -0.39 is 17.8 Å². The van der Waals surface area contributed by atoms with Crippen molar-refractivity contribution in [3.63, 3.8) is 0 Å². The summed E-state index contributed by atoms with van der Waals surface area (Å²) in [7, 11) is 0. The van der Waals surface area contributed by atoms with Crippen molar-refractivity contribution in [1.29, 1.82) is 0 Å². The Balaban J connectivity index is 1.99. The summed E-state index contributed by atoms with van der Waals surface area (Å²) in [6, 6.07) is 4.55. The SMILES string of the molecule is Cc1nn(CC(C)C)c(C)c1CCC(=O)NC(C)c1cccc(C(F)(F)F)c1. The summed E-state index contributed by atoms with van der Waals surface area (Å²) in [5, 5.41) is 7.34. The molecule has 2 aromatic rings. The quantitative estimate of drug-likeness (QED) is 0.718. The normalized spacial score (nSPS) is 13.0. The van der Waals surface area contributed by atoms with Gasteiger partial charge in [-0.05, 0) is 56.4 Å². The molecule has 0 aliphatic rings. The number of carbonyl (C=O) groups excluding carboxylic acids is 1. The summed E-state index contributed by atoms with van der Waals surface area (Å²) in [4.78, 5) is 12.3. The fourth-order valence-electron chi connectivity index (χ4n) is 3.24. The topological polar surface area (TPSA) is 46.9 Å². The minimum absolute atomic E-state index is 0.194. The average molecular weight is 395 g/mol. The van der Waals surface area contributed by atoms with Crippen LogP contribution < -0.4 is 5.32 Å². The second-order valence-corrected chi connectivity index (χ2v) is 7.64. The summed E-state index contributed by atoms with van der Waals surface area (Å²) in [6.07, 6.45) is -3.58. The van der Waals surface area contributed by atoms with Gasteiger partial charge in [0, 0.05) is 18.7 Å². The molecule has 0 radical (unpaired) electrons. The van der Waals surface area contributed by atoms with Crippen molar-refractivity contribution >= 4 is 5.91 Å². The molecular weight excluding hydrogens is 367 g/mol. The van der Waals surface area contributed by atoms with Crippen LogP contribution >= 0.6 is 0 Å². The number of hydrogen-bond donors (Lipinski definition) is 1. The zero-order chi connectivity index (χ0) is 21.1. The molecule has 0 saturated carbocycles. The fourth-order valence-corrected chi connectivity index (χ4v) is 3.24. The highest BCUT2D eigenvalue weighted by Gasteiger charge is 2.30. The largest absolute Gasteiger partial charge is 0.416 e. The first-order valence-electron chi connectivity index (χ1n) is 9.48. The summed E-state index contributed by atoms with van der Waals surface area (Å²) in [5.41, 5.74) is 2.75. The van der Waals surface area contributed by atoms with E-state index in [9.17, 15) is 18.0 Å². The van der Waals surface area contributed by atoms with Gasteiger partial charge in [0.2, 0.25) is 5.91 Å². The number of alkyl halides is 3. The van der Waals surface area contributed by atoms with Crippen LogP contribution in [0.5, 0.6) is 0 Å². The highest BCUT2D eigenvalue weighted by molar-refractivity contribution is 5.76. The van der Waals surface area contributed by atoms with E-state index in [1.807, 2.05) is 18.5 Å². The Morgan fingerprint density at radius 1 is 1.21 bits per heavy atom. The average Bonchev–Trinajstić information content (AvgIpc) is 2.85. The van der Waals surface area contributed by atoms with E-state index in [0.717, 1.165) is 35.6 Å². The molecule has 154 valence electrons. The number of benzene rings is 1. The van der Waals surface area contributed by atoms with Crippen LogP contribution in [0.25, 0.3) is 0 Å². The second kappa shape index (κ2) is 8.80. The van der Waals surface area contributed by atoms with Crippen LogP contribution in [0.2, 0.25) is 0 Å². The van der Waals surface area contributed by atoms with E-state index in [1.165, 1.54) is 6.07 Å². The molecule has 1 N–H and O–H groups in total. The number of rotatable bonds is 7. The lowest BCUT2D eigenvalue weighted by Gasteiger charge is -2.16. The van der Waals surface area contributed by atoms with Crippen LogP contribution in [-0.4, -0.2) is 15.7 Å². The van der Waals surface area contributed by atoms with Crippen LogP contribution in [0.1, 0.15) is 61.3 Å². The Morgan fingerprint density at radius 2 is 1.89 bits per heavy atom. The monoisotopic (exact) mass is 395 g/mol. The van der Waals surface area contributed by atoms with E-state index >= 15 is 0 Å². The number of aromatic nitrogens is 2. The Morgan fingerprint density at radius 3 is 2.50 bits per heavy atom. The van der Waals surface area contributed by atoms with Crippen molar-refractivity contribution in [3.8, 4) is 0 Å². The lowest BCUT2D eigenvalue weighted by Crippen LogP contribution is -2.27. The molecule has 0 spiro atoms. The third-order valence-corrected chi connectivity index (χ3v) is 4.76. The van der Waals surface area contributed by atoms with Gasteiger partial charge >= 0.3 is 6.18 Å². The smallest absolute Gasteiger partial charge is 0.350 e. The number of aryl methyl sites for hydroxylation is 1. The second-order valence-electron chi connectivity index (χ2n) is 7.64. The molecule has 0 saturated heterocycles. The van der Waals surface area contributed by atoms with Crippen molar-refractivity contribution in [2.24, 2.45) is 5.92 Å². The first-order valence-corrected chi connectivity index (χ1v) is 9.48. The third kappa shape index (κ3) is 5.59. The number of amides is 1. The molecule has 28 heavy (non-hydrogen) atoms. The highest BCUT2D eigenvalue weighted by Crippen LogP contribution is 2.30. The van der Waals surface area contributed by atoms with Crippen molar-refractivity contribution in [2.75, 3.05) is 0 Å². The molecule has 4 nitrogen and oxygen atoms in total. The predicted molar refractivity (Wildman–Crippen MR) is 103 cm³/mol. The first kappa shape index (κ1) is 22.0. The molecule has 1 atom stereocenters. The van der Waals surface area contributed by atoms with Gasteiger partial charge in [0.1, 0.15) is 0 Å². The molecule has 1 unspecified atom stereocenters. The number of hydrogen-bond acceptors (Lipinski definition) is 2. The molecule has 0 aliphatic heterocycles. The summed E-state index contributed by atoms with van der Waals surface area (Å²) >= 11 is 0. The molecule has 0 fully saturated rings. The van der Waals surface area contributed by atoms with E-state index in [1.54, 1.807) is 13.0 Å². The summed E-state index contributed by atoms with van der Waals surface area (Å²) in [6.45, 7) is 10.7. The van der Waals surface area contributed by atoms with E-state index in [4.69, 9.17) is 0 Å². The molecule has 1 amide bonds. The van der Waals surface area contributed by atoms with E-state index in [-0.39, 0.29) is 12.3 Å². The van der Waals surface area contributed by atoms with Gasteiger partial charge in [-0.25, -0.2) is 0 Å². The van der Waals surface area contributed by atoms with Crippen LogP contribution in [0.4, 0.5) is 13.2 Å². The predicted octanol–water partition coefficient (Wildman–Crippen LogP) is 4.98. The third-order valence-electron chi connectivity index (χ3n) is 4.76. The zero-order valence-corrected chi connectivity index (χ0v) is 17.0. The van der Waals surface area contributed by atoms with Gasteiger partial charge in [-0.15, -0.1) is 0 Å². The number of carbonyl (C=O) groups is 1. The van der Waals surface area contributed by atoms with Gasteiger partial charge < -0.3 is 5.32 Å². The Kier molecular flexibility index (Phi) is 6.91. The summed E-state index contributed by atoms with van der Waals surface area (Å²) < 4.78 is 40.6. The maximum atomic E-state index is 12.9. The van der Waals surface area contributed by atoms with Crippen LogP contribution in [0.3, 0.4) is 0 Å². The first-order chi connectivity index (χ1) is 13.0. The zero-order valence-electron chi connectivity index (χ0n) is 17.0. The molecule has 1 aromatic heterocycles. The van der Waals surface area contributed by atoms with Gasteiger partial charge in [-0.2, -0.15) is 18.3 Å². The van der Waals surface area contributed by atoms with Gasteiger partial charge in [0.15, 0.2) is 0 Å². The van der Waals surface area contributed by atoms with Crippen LogP contribution in [0.15, 0.2) is 24.3 Å². The minimum atomic E-state index is -4.40. The van der Waals surface area contributed by atoms with Crippen LogP contribution in [-0.2, 0) is 23.9 Å². The maximum Gasteiger partial charge on any atom is 0.416 e. The lowest BCUT2D eigenvalue weighted by molar-refractivity contribution is -0.137. The lowest BCUT2D eigenvalue weighted by atomic mass is 10.0. The standard InChI is InChI=1S/C21H28F3N3O/c1-13(2)12-27-16(5)19(15(4)26-27)9-10-20(28)25-14(3)17-7-6-8-18(11-17)21(22,23)24/h6-8,11,13-14H,9-10,12H2,1-5H3,(H,25,28). The molecular formula is C21H28F3N3O. The molecule has 0 aliphatic carbocycles. The molecule has 2 rings (SSSR count). The van der Waals surface area contributed by atoms with E-state index in [0.29, 0.717) is 17.9 Å². The highest BCUT2D eigenvalue weighted by atomic mass is 19.4. The van der Waals surface area contributed by atoms with Gasteiger partial charge in [0.05, 0.1) is 17.3 Å². The Labute approximate surface area is 164 Å². The van der Waals surface area contributed by atoms with Crippen molar-refractivity contribution in [3.05, 3.63) is 52.3 Å². The molecule has 0 bridgehead atoms. The Hall–Kier alpha value is -2.31. The molecule has 1 aromatic carbocycles. The Bertz CT molecular complexity index is 825. The van der Waals surface area contributed by atoms with Crippen molar-refractivity contribution in [2.45, 2.75) is 66.2 Å². The van der Waals surface area contributed by atoms with Gasteiger partial charge in [-0.3, -0.25) is 9.48 Å².